The van der Waals surface area contributed by atoms with E-state index in [2.05, 4.69) is 17.0 Å². The van der Waals surface area contributed by atoms with E-state index in [1.165, 1.54) is 6.92 Å². The molecule has 0 aromatic carbocycles. The van der Waals surface area contributed by atoms with Crippen LogP contribution in [-0.4, -0.2) is 11.9 Å². The summed E-state index contributed by atoms with van der Waals surface area (Å²) in [6.45, 7) is 8.37. The normalized spacial score (nSPS) is 8.23. The summed E-state index contributed by atoms with van der Waals surface area (Å²) < 4.78 is 4.35. The van der Waals surface area contributed by atoms with Crippen LogP contribution in [-0.2, 0) is 14.3 Å². The Kier molecular flexibility index (Phi) is 4.49. The molecule has 0 aromatic heterocycles. The van der Waals surface area contributed by atoms with Crippen LogP contribution in [0.3, 0.4) is 0 Å². The fraction of sp³-hybridized carbons (Fsp3) is 0.300. The fourth-order valence-corrected chi connectivity index (χ4v) is 0.411. The van der Waals surface area contributed by atoms with E-state index < -0.39 is 11.9 Å². The number of ether oxygens (including phenoxy) is 1. The van der Waals surface area contributed by atoms with Gasteiger partial charge in [-0.05, 0) is 26.3 Å². The first-order valence-corrected chi connectivity index (χ1v) is 3.75. The van der Waals surface area contributed by atoms with Crippen LogP contribution in [0.4, 0.5) is 0 Å². The van der Waals surface area contributed by atoms with Gasteiger partial charge in [-0.15, -0.1) is 5.73 Å². The first-order valence-electron chi connectivity index (χ1n) is 3.75. The Labute approximate surface area is 77.4 Å². The Morgan fingerprint density at radius 1 is 1.31 bits per heavy atom. The molecule has 0 heterocycles. The maximum absolute atomic E-state index is 10.8. The molecule has 0 spiro atoms. The quantitative estimate of drug-likeness (QED) is 0.281. The monoisotopic (exact) mass is 180 g/mol. The van der Waals surface area contributed by atoms with Crippen molar-refractivity contribution >= 4 is 11.9 Å². The summed E-state index contributed by atoms with van der Waals surface area (Å²) in [6, 6.07) is 0. The molecule has 0 amide bonds. The molecule has 0 saturated carbocycles. The van der Waals surface area contributed by atoms with Gasteiger partial charge >= 0.3 is 11.9 Å². The molecule has 3 nitrogen and oxygen atoms in total. The molecule has 13 heavy (non-hydrogen) atoms. The number of rotatable bonds is 2. The minimum Gasteiger partial charge on any atom is -0.386 e. The van der Waals surface area contributed by atoms with Crippen molar-refractivity contribution in [2.75, 3.05) is 0 Å². The van der Waals surface area contributed by atoms with Crippen molar-refractivity contribution in [1.82, 2.24) is 0 Å². The highest BCUT2D eigenvalue weighted by Gasteiger charge is 2.06. The molecule has 0 aliphatic carbocycles. The van der Waals surface area contributed by atoms with Gasteiger partial charge in [0.2, 0.25) is 0 Å². The zero-order chi connectivity index (χ0) is 10.4. The lowest BCUT2D eigenvalue weighted by atomic mass is 10.3. The Hall–Kier alpha value is -1.60. The van der Waals surface area contributed by atoms with Crippen LogP contribution in [0.2, 0.25) is 0 Å². The van der Waals surface area contributed by atoms with Gasteiger partial charge in [-0.3, -0.25) is 0 Å². The summed E-state index contributed by atoms with van der Waals surface area (Å²) in [6.07, 6.45) is 1.08. The zero-order valence-electron chi connectivity index (χ0n) is 8.01. The second kappa shape index (κ2) is 5.12. The van der Waals surface area contributed by atoms with Crippen LogP contribution >= 0.6 is 0 Å². The van der Waals surface area contributed by atoms with Crippen molar-refractivity contribution < 1.29 is 14.3 Å². The average molecular weight is 180 g/mol. The van der Waals surface area contributed by atoms with Gasteiger partial charge in [0.05, 0.1) is 6.08 Å². The second-order valence-corrected chi connectivity index (χ2v) is 2.78. The molecular formula is C10H12O3. The van der Waals surface area contributed by atoms with Crippen LogP contribution in [0.15, 0.2) is 29.5 Å². The summed E-state index contributed by atoms with van der Waals surface area (Å²) in [5, 5.41) is 0. The van der Waals surface area contributed by atoms with Crippen LogP contribution in [0.25, 0.3) is 0 Å². The van der Waals surface area contributed by atoms with Crippen LogP contribution < -0.4 is 0 Å². The van der Waals surface area contributed by atoms with Gasteiger partial charge in [0.25, 0.3) is 0 Å². The van der Waals surface area contributed by atoms with E-state index in [0.29, 0.717) is 0 Å². The van der Waals surface area contributed by atoms with Gasteiger partial charge in [-0.1, -0.05) is 6.58 Å². The first-order chi connectivity index (χ1) is 5.93. The van der Waals surface area contributed by atoms with Crippen molar-refractivity contribution in [2.45, 2.75) is 20.8 Å². The highest BCUT2D eigenvalue weighted by molar-refractivity contribution is 5.98. The van der Waals surface area contributed by atoms with Gasteiger partial charge < -0.3 is 4.74 Å². The maximum Gasteiger partial charge on any atom is 0.346 e. The standard InChI is InChI=1S/C10H12O3/c1-7(2)5-6-9(11)13-10(12)8(3)4/h6H,3H2,1-2,4H3. The summed E-state index contributed by atoms with van der Waals surface area (Å²) in [4.78, 5) is 21.6. The number of carbonyl (C=O) groups excluding carboxylic acids is 2. The molecule has 0 saturated heterocycles. The Balaban J connectivity index is 4.27. The van der Waals surface area contributed by atoms with E-state index in [9.17, 15) is 9.59 Å². The van der Waals surface area contributed by atoms with Crippen molar-refractivity contribution in [3.8, 4) is 0 Å². The molecule has 0 fully saturated rings. The Morgan fingerprint density at radius 3 is 2.23 bits per heavy atom. The number of hydrogen-bond donors (Lipinski definition) is 0. The summed E-state index contributed by atoms with van der Waals surface area (Å²) in [5.41, 5.74) is 3.65. The lowest BCUT2D eigenvalue weighted by Crippen LogP contribution is -2.09. The number of carbonyl (C=O) groups is 2. The molecular weight excluding hydrogens is 168 g/mol. The fourth-order valence-electron chi connectivity index (χ4n) is 0.411. The topological polar surface area (TPSA) is 43.4 Å². The molecule has 0 radical (unpaired) electrons. The van der Waals surface area contributed by atoms with Crippen molar-refractivity contribution in [3.05, 3.63) is 29.5 Å². The maximum atomic E-state index is 10.8. The van der Waals surface area contributed by atoms with E-state index in [4.69, 9.17) is 0 Å². The molecule has 0 unspecified atom stereocenters. The molecule has 0 aliphatic rings. The van der Waals surface area contributed by atoms with Crippen molar-refractivity contribution in [1.29, 1.82) is 0 Å². The zero-order valence-corrected chi connectivity index (χ0v) is 8.01. The third-order valence-electron chi connectivity index (χ3n) is 1.02. The molecule has 0 rings (SSSR count). The largest absolute Gasteiger partial charge is 0.386 e. The Morgan fingerprint density at radius 2 is 1.85 bits per heavy atom. The number of hydrogen-bond acceptors (Lipinski definition) is 3. The number of esters is 2. The lowest BCUT2D eigenvalue weighted by molar-refractivity contribution is -0.153. The highest BCUT2D eigenvalue weighted by Crippen LogP contribution is 1.93. The molecule has 0 aliphatic heterocycles. The molecule has 0 aromatic rings. The van der Waals surface area contributed by atoms with Gasteiger partial charge in [-0.2, -0.15) is 0 Å². The summed E-state index contributed by atoms with van der Waals surface area (Å²) in [5.74, 6) is -1.44. The van der Waals surface area contributed by atoms with E-state index in [1.54, 1.807) is 13.8 Å². The third-order valence-corrected chi connectivity index (χ3v) is 1.02. The SMILES string of the molecule is C=C(C)C(=O)OC(=O)C=C=C(C)C. The van der Waals surface area contributed by atoms with Crippen LogP contribution in [0, 0.1) is 0 Å². The van der Waals surface area contributed by atoms with Crippen molar-refractivity contribution in [2.24, 2.45) is 0 Å². The second-order valence-electron chi connectivity index (χ2n) is 2.78. The van der Waals surface area contributed by atoms with Gasteiger partial charge in [0, 0.05) is 5.57 Å². The molecule has 0 atom stereocenters. The van der Waals surface area contributed by atoms with Gasteiger partial charge in [0.15, 0.2) is 0 Å². The van der Waals surface area contributed by atoms with Crippen LogP contribution in [0.1, 0.15) is 20.8 Å². The smallest absolute Gasteiger partial charge is 0.346 e. The lowest BCUT2D eigenvalue weighted by Gasteiger charge is -1.96. The summed E-state index contributed by atoms with van der Waals surface area (Å²) in [7, 11) is 0. The van der Waals surface area contributed by atoms with Crippen molar-refractivity contribution in [3.63, 3.8) is 0 Å². The van der Waals surface area contributed by atoms with E-state index in [-0.39, 0.29) is 5.57 Å². The molecule has 70 valence electrons. The van der Waals surface area contributed by atoms with E-state index >= 15 is 0 Å². The predicted molar refractivity (Wildman–Crippen MR) is 48.9 cm³/mol. The Bertz CT molecular complexity index is 300. The van der Waals surface area contributed by atoms with E-state index in [0.717, 1.165) is 11.6 Å². The highest BCUT2D eigenvalue weighted by atomic mass is 16.6. The van der Waals surface area contributed by atoms with Crippen LogP contribution in [0.5, 0.6) is 0 Å². The minimum absolute atomic E-state index is 0.193. The first kappa shape index (κ1) is 11.4. The minimum atomic E-state index is -0.728. The summed E-state index contributed by atoms with van der Waals surface area (Å²) >= 11 is 0. The third kappa shape index (κ3) is 5.65. The van der Waals surface area contributed by atoms with E-state index in [1.807, 2.05) is 0 Å². The molecule has 0 bridgehead atoms. The molecule has 3 heteroatoms. The predicted octanol–water partition coefficient (Wildman–Crippen LogP) is 1.75. The van der Waals surface area contributed by atoms with Gasteiger partial charge in [-0.25, -0.2) is 9.59 Å². The molecule has 0 N–H and O–H groups in total. The average Bonchev–Trinajstić information content (AvgIpc) is 2.00. The van der Waals surface area contributed by atoms with Gasteiger partial charge in [0.1, 0.15) is 0 Å².